The van der Waals surface area contributed by atoms with Gasteiger partial charge in [0.2, 0.25) is 0 Å². The summed E-state index contributed by atoms with van der Waals surface area (Å²) in [5.41, 5.74) is 10.9. The fourth-order valence-electron chi connectivity index (χ4n) is 7.54. The Morgan fingerprint density at radius 2 is 1.06 bits per heavy atom. The molecule has 0 N–H and O–H groups in total. The number of hydrogen-bond acceptors (Lipinski definition) is 2. The molecule has 0 aliphatic heterocycles. The number of aromatic nitrogens is 1. The molecule has 0 fully saturated rings. The van der Waals surface area contributed by atoms with Gasteiger partial charge in [0.15, 0.2) is 0 Å². The van der Waals surface area contributed by atoms with Gasteiger partial charge in [-0.25, -0.2) is 0 Å². The third kappa shape index (κ3) is 4.37. The molecule has 3 nitrogen and oxygen atoms in total. The summed E-state index contributed by atoms with van der Waals surface area (Å²) in [5.74, 6) is 0. The second kappa shape index (κ2) is 11.0. The first-order valence-corrected chi connectivity index (χ1v) is 16.7. The Morgan fingerprint density at radius 3 is 1.94 bits per heavy atom. The molecule has 0 atom stereocenters. The van der Waals surface area contributed by atoms with Crippen molar-refractivity contribution in [2.24, 2.45) is 0 Å². The maximum Gasteiger partial charge on any atom is 0.143 e. The minimum absolute atomic E-state index is 0.904. The summed E-state index contributed by atoms with van der Waals surface area (Å²) in [6.45, 7) is 0. The maximum absolute atomic E-state index is 6.54. The van der Waals surface area contributed by atoms with Crippen molar-refractivity contribution in [2.45, 2.75) is 0 Å². The lowest BCUT2D eigenvalue weighted by atomic mass is 10.0. The number of para-hydroxylation sites is 4. The van der Waals surface area contributed by atoms with Crippen LogP contribution < -0.4 is 4.90 Å². The number of fused-ring (bicyclic) bond motifs is 8. The van der Waals surface area contributed by atoms with Crippen molar-refractivity contribution >= 4 is 71.6 Å². The van der Waals surface area contributed by atoms with E-state index in [1.54, 1.807) is 0 Å². The Bertz CT molecular complexity index is 2830. The molecule has 0 saturated carbocycles. The Morgan fingerprint density at radius 1 is 0.429 bits per heavy atom. The van der Waals surface area contributed by atoms with E-state index >= 15 is 0 Å². The van der Waals surface area contributed by atoms with Crippen molar-refractivity contribution in [3.63, 3.8) is 0 Å². The fourth-order valence-corrected chi connectivity index (χ4v) is 7.54. The summed E-state index contributed by atoms with van der Waals surface area (Å²) in [4.78, 5) is 2.40. The van der Waals surface area contributed by atoms with E-state index in [-0.39, 0.29) is 0 Å². The molecule has 0 aliphatic rings. The minimum atomic E-state index is 0.904. The average Bonchev–Trinajstić information content (AvgIpc) is 3.72. The second-order valence-corrected chi connectivity index (χ2v) is 12.6. The quantitative estimate of drug-likeness (QED) is 0.190. The van der Waals surface area contributed by atoms with Gasteiger partial charge in [-0.3, -0.25) is 0 Å². The van der Waals surface area contributed by atoms with Crippen LogP contribution in [0.2, 0.25) is 0 Å². The normalized spacial score (nSPS) is 11.7. The largest absolute Gasteiger partial charge is 0.455 e. The van der Waals surface area contributed by atoms with Crippen LogP contribution in [0.1, 0.15) is 0 Å². The second-order valence-electron chi connectivity index (χ2n) is 12.6. The number of rotatable bonds is 5. The number of furan rings is 1. The van der Waals surface area contributed by atoms with Gasteiger partial charge >= 0.3 is 0 Å². The Labute approximate surface area is 283 Å². The third-order valence-electron chi connectivity index (χ3n) is 9.76. The molecule has 0 spiro atoms. The molecular weight excluding hydrogens is 597 g/mol. The molecule has 2 heterocycles. The third-order valence-corrected chi connectivity index (χ3v) is 9.76. The van der Waals surface area contributed by atoms with E-state index in [9.17, 15) is 0 Å². The van der Waals surface area contributed by atoms with Crippen LogP contribution in [-0.2, 0) is 0 Å². The standard InChI is InChI=1S/C46H30N2O/c1-3-13-31(14-4-1)36-17-7-10-20-42(36)47(34-25-23-32-24-27-40-39-19-9-12-22-45(39)49-46(40)41(32)29-34)35-26-28-38-37-18-8-11-21-43(37)48(44(38)30-35)33-15-5-2-6-16-33/h1-30H. The highest BCUT2D eigenvalue weighted by atomic mass is 16.3. The summed E-state index contributed by atoms with van der Waals surface area (Å²) in [7, 11) is 0. The zero-order valence-corrected chi connectivity index (χ0v) is 26.6. The Balaban J connectivity index is 1.27. The highest BCUT2D eigenvalue weighted by Crippen LogP contribution is 2.45. The number of anilines is 3. The molecule has 8 aromatic carbocycles. The maximum atomic E-state index is 6.54. The monoisotopic (exact) mass is 626 g/mol. The van der Waals surface area contributed by atoms with E-state index in [0.717, 1.165) is 66.5 Å². The van der Waals surface area contributed by atoms with Crippen molar-refractivity contribution in [3.05, 3.63) is 182 Å². The van der Waals surface area contributed by atoms with Crippen LogP contribution in [-0.4, -0.2) is 4.57 Å². The molecule has 3 heteroatoms. The van der Waals surface area contributed by atoms with E-state index in [0.29, 0.717) is 0 Å². The number of hydrogen-bond donors (Lipinski definition) is 0. The van der Waals surface area contributed by atoms with Gasteiger partial charge in [0, 0.05) is 49.6 Å². The van der Waals surface area contributed by atoms with Gasteiger partial charge in [-0.1, -0.05) is 121 Å². The van der Waals surface area contributed by atoms with Gasteiger partial charge < -0.3 is 13.9 Å². The molecule has 0 radical (unpaired) electrons. The molecule has 49 heavy (non-hydrogen) atoms. The van der Waals surface area contributed by atoms with Crippen LogP contribution in [0.5, 0.6) is 0 Å². The minimum Gasteiger partial charge on any atom is -0.455 e. The molecule has 230 valence electrons. The van der Waals surface area contributed by atoms with Crippen molar-refractivity contribution in [1.29, 1.82) is 0 Å². The van der Waals surface area contributed by atoms with Crippen LogP contribution >= 0.6 is 0 Å². The molecule has 0 amide bonds. The summed E-state index contributed by atoms with van der Waals surface area (Å²) in [6.07, 6.45) is 0. The molecule has 0 unspecified atom stereocenters. The zero-order chi connectivity index (χ0) is 32.3. The van der Waals surface area contributed by atoms with Gasteiger partial charge in [-0.05, 0) is 71.6 Å². The van der Waals surface area contributed by atoms with Crippen molar-refractivity contribution in [1.82, 2.24) is 4.57 Å². The van der Waals surface area contributed by atoms with Crippen LogP contribution in [0, 0.1) is 0 Å². The highest BCUT2D eigenvalue weighted by Gasteiger charge is 2.21. The predicted octanol–water partition coefficient (Wildman–Crippen LogP) is 13.0. The van der Waals surface area contributed by atoms with Gasteiger partial charge in [0.05, 0.1) is 16.7 Å². The lowest BCUT2D eigenvalue weighted by molar-refractivity contribution is 0.672. The smallest absolute Gasteiger partial charge is 0.143 e. The summed E-state index contributed by atoms with van der Waals surface area (Å²) in [6, 6.07) is 65.0. The number of benzene rings is 8. The van der Waals surface area contributed by atoms with Gasteiger partial charge in [-0.15, -0.1) is 0 Å². The van der Waals surface area contributed by atoms with E-state index in [4.69, 9.17) is 4.42 Å². The van der Waals surface area contributed by atoms with Crippen LogP contribution in [0.15, 0.2) is 186 Å². The molecule has 0 bridgehead atoms. The first kappa shape index (κ1) is 27.5. The van der Waals surface area contributed by atoms with Crippen LogP contribution in [0.3, 0.4) is 0 Å². The zero-order valence-electron chi connectivity index (χ0n) is 26.6. The van der Waals surface area contributed by atoms with E-state index in [2.05, 4.69) is 185 Å². The van der Waals surface area contributed by atoms with Crippen molar-refractivity contribution < 1.29 is 4.42 Å². The van der Waals surface area contributed by atoms with E-state index in [1.807, 2.05) is 6.07 Å². The van der Waals surface area contributed by atoms with E-state index < -0.39 is 0 Å². The van der Waals surface area contributed by atoms with E-state index in [1.165, 1.54) is 21.9 Å². The fraction of sp³-hybridized carbons (Fsp3) is 0. The van der Waals surface area contributed by atoms with Crippen LogP contribution in [0.4, 0.5) is 17.1 Å². The Kier molecular flexibility index (Phi) is 6.18. The highest BCUT2D eigenvalue weighted by molar-refractivity contribution is 6.16. The lowest BCUT2D eigenvalue weighted by Crippen LogP contribution is -2.11. The van der Waals surface area contributed by atoms with Gasteiger partial charge in [-0.2, -0.15) is 0 Å². The first-order valence-electron chi connectivity index (χ1n) is 16.7. The van der Waals surface area contributed by atoms with Gasteiger partial charge in [0.25, 0.3) is 0 Å². The van der Waals surface area contributed by atoms with Gasteiger partial charge in [0.1, 0.15) is 11.2 Å². The molecule has 2 aromatic heterocycles. The topological polar surface area (TPSA) is 21.3 Å². The molecular formula is C46H30N2O. The average molecular weight is 627 g/mol. The summed E-state index contributed by atoms with van der Waals surface area (Å²) >= 11 is 0. The lowest BCUT2D eigenvalue weighted by Gasteiger charge is -2.28. The Hall–Kier alpha value is -6.58. The summed E-state index contributed by atoms with van der Waals surface area (Å²) < 4.78 is 8.92. The molecule has 0 aliphatic carbocycles. The predicted molar refractivity (Wildman–Crippen MR) is 206 cm³/mol. The summed E-state index contributed by atoms with van der Waals surface area (Å²) in [5, 5.41) is 6.96. The molecule has 0 saturated heterocycles. The molecule has 10 aromatic rings. The first-order chi connectivity index (χ1) is 24.3. The SMILES string of the molecule is c1ccc(-c2ccccc2N(c2ccc3ccc4c5ccccc5oc4c3c2)c2ccc3c4ccccc4n(-c4ccccc4)c3c2)cc1. The van der Waals surface area contributed by atoms with Crippen molar-refractivity contribution in [3.8, 4) is 16.8 Å². The molecule has 10 rings (SSSR count). The van der Waals surface area contributed by atoms with Crippen molar-refractivity contribution in [2.75, 3.05) is 4.90 Å². The number of nitrogens with zero attached hydrogens (tertiary/aromatic N) is 2. The van der Waals surface area contributed by atoms with Crippen LogP contribution in [0.25, 0.3) is 71.3 Å².